The molecule has 0 radical (unpaired) electrons. The standard InChI is InChI=1S/C23H19BrCl3NO4/c1-2-31-21-8-13(11-28-16-5-6-17(23(29)30)20(27)10-16)7-18(24)22(21)32-12-14-3-4-15(25)9-19(14)26/h3-10,28H,2,11-12H2,1H3,(H,29,30). The second-order valence-electron chi connectivity index (χ2n) is 6.72. The summed E-state index contributed by atoms with van der Waals surface area (Å²) < 4.78 is 12.5. The van der Waals surface area contributed by atoms with Gasteiger partial charge in [-0.15, -0.1) is 0 Å². The normalized spacial score (nSPS) is 10.7. The lowest BCUT2D eigenvalue weighted by atomic mass is 10.1. The number of carbonyl (C=O) groups is 1. The van der Waals surface area contributed by atoms with Crippen LogP contribution in [0.5, 0.6) is 11.5 Å². The maximum atomic E-state index is 11.1. The van der Waals surface area contributed by atoms with Gasteiger partial charge in [0, 0.05) is 27.8 Å². The highest BCUT2D eigenvalue weighted by Gasteiger charge is 2.14. The monoisotopic (exact) mass is 557 g/mol. The number of hydrogen-bond donors (Lipinski definition) is 2. The number of halogens is 4. The summed E-state index contributed by atoms with van der Waals surface area (Å²) in [6.45, 7) is 3.07. The predicted octanol–water partition coefficient (Wildman–Crippen LogP) is 7.70. The average molecular weight is 560 g/mol. The summed E-state index contributed by atoms with van der Waals surface area (Å²) in [5.41, 5.74) is 2.49. The van der Waals surface area contributed by atoms with Gasteiger partial charge in [-0.25, -0.2) is 4.79 Å². The summed E-state index contributed by atoms with van der Waals surface area (Å²) in [6.07, 6.45) is 0. The van der Waals surface area contributed by atoms with E-state index in [0.717, 1.165) is 15.6 Å². The van der Waals surface area contributed by atoms with Gasteiger partial charge in [0.05, 0.1) is 21.7 Å². The SMILES string of the molecule is CCOc1cc(CNc2ccc(C(=O)O)c(Cl)c2)cc(Br)c1OCc1ccc(Cl)cc1Cl. The van der Waals surface area contributed by atoms with Gasteiger partial charge in [0.2, 0.25) is 0 Å². The van der Waals surface area contributed by atoms with Crippen molar-refractivity contribution in [2.75, 3.05) is 11.9 Å². The molecule has 0 saturated carbocycles. The van der Waals surface area contributed by atoms with E-state index in [1.54, 1.807) is 24.3 Å². The Balaban J connectivity index is 1.76. The first-order chi connectivity index (χ1) is 15.3. The van der Waals surface area contributed by atoms with Crippen molar-refractivity contribution in [1.82, 2.24) is 0 Å². The molecule has 0 heterocycles. The maximum absolute atomic E-state index is 11.1. The van der Waals surface area contributed by atoms with Crippen LogP contribution in [0.3, 0.4) is 0 Å². The van der Waals surface area contributed by atoms with Gasteiger partial charge in [-0.3, -0.25) is 0 Å². The Bertz CT molecular complexity index is 1140. The van der Waals surface area contributed by atoms with Crippen LogP contribution >= 0.6 is 50.7 Å². The molecule has 5 nitrogen and oxygen atoms in total. The summed E-state index contributed by atoms with van der Waals surface area (Å²) in [5, 5.41) is 13.6. The van der Waals surface area contributed by atoms with E-state index in [1.807, 2.05) is 25.1 Å². The Labute approximate surface area is 209 Å². The van der Waals surface area contributed by atoms with Crippen LogP contribution in [-0.4, -0.2) is 17.7 Å². The fourth-order valence-electron chi connectivity index (χ4n) is 2.92. The summed E-state index contributed by atoms with van der Waals surface area (Å²) in [7, 11) is 0. The lowest BCUT2D eigenvalue weighted by Crippen LogP contribution is -2.05. The van der Waals surface area contributed by atoms with Crippen LogP contribution in [0.1, 0.15) is 28.4 Å². The molecule has 32 heavy (non-hydrogen) atoms. The first-order valence-corrected chi connectivity index (χ1v) is 11.5. The molecule has 0 amide bonds. The Morgan fingerprint density at radius 2 is 1.81 bits per heavy atom. The van der Waals surface area contributed by atoms with Crippen LogP contribution in [-0.2, 0) is 13.2 Å². The third-order valence-electron chi connectivity index (χ3n) is 4.45. The number of aromatic carboxylic acids is 1. The van der Waals surface area contributed by atoms with E-state index in [9.17, 15) is 4.79 Å². The third-order valence-corrected chi connectivity index (χ3v) is 5.94. The lowest BCUT2D eigenvalue weighted by Gasteiger charge is -2.17. The number of ether oxygens (including phenoxy) is 2. The Morgan fingerprint density at radius 1 is 1.03 bits per heavy atom. The number of rotatable bonds is 9. The van der Waals surface area contributed by atoms with Crippen LogP contribution in [0.2, 0.25) is 15.1 Å². The molecule has 9 heteroatoms. The number of benzene rings is 3. The molecule has 0 aliphatic heterocycles. The van der Waals surface area contributed by atoms with Crippen LogP contribution in [0, 0.1) is 0 Å². The number of carboxylic acid groups (broad SMARTS) is 1. The molecule has 168 valence electrons. The molecule has 0 fully saturated rings. The van der Waals surface area contributed by atoms with Gasteiger partial charge >= 0.3 is 5.97 Å². The third kappa shape index (κ3) is 6.23. The van der Waals surface area contributed by atoms with E-state index < -0.39 is 5.97 Å². The Morgan fingerprint density at radius 3 is 2.47 bits per heavy atom. The van der Waals surface area contributed by atoms with Crippen molar-refractivity contribution in [2.45, 2.75) is 20.1 Å². The van der Waals surface area contributed by atoms with Crippen molar-refractivity contribution >= 4 is 62.4 Å². The van der Waals surface area contributed by atoms with Crippen molar-refractivity contribution in [1.29, 1.82) is 0 Å². The molecule has 3 aromatic carbocycles. The zero-order valence-corrected chi connectivity index (χ0v) is 20.8. The highest BCUT2D eigenvalue weighted by molar-refractivity contribution is 9.10. The largest absolute Gasteiger partial charge is 0.490 e. The van der Waals surface area contributed by atoms with E-state index in [0.29, 0.717) is 40.4 Å². The number of carboxylic acids is 1. The Kier molecular flexibility index (Phi) is 8.54. The molecule has 0 aliphatic rings. The van der Waals surface area contributed by atoms with E-state index in [-0.39, 0.29) is 17.2 Å². The smallest absolute Gasteiger partial charge is 0.337 e. The van der Waals surface area contributed by atoms with Crippen molar-refractivity contribution < 1.29 is 19.4 Å². The fraction of sp³-hybridized carbons (Fsp3) is 0.174. The second kappa shape index (κ2) is 11.1. The average Bonchev–Trinajstić information content (AvgIpc) is 2.73. The van der Waals surface area contributed by atoms with Crippen LogP contribution in [0.4, 0.5) is 5.69 Å². The summed E-state index contributed by atoms with van der Waals surface area (Å²) in [5.74, 6) is 0.0841. The van der Waals surface area contributed by atoms with Crippen molar-refractivity contribution in [3.8, 4) is 11.5 Å². The van der Waals surface area contributed by atoms with E-state index >= 15 is 0 Å². The summed E-state index contributed by atoms with van der Waals surface area (Å²) in [6, 6.07) is 13.8. The zero-order valence-electron chi connectivity index (χ0n) is 16.9. The minimum Gasteiger partial charge on any atom is -0.490 e. The number of nitrogens with one attached hydrogen (secondary N) is 1. The van der Waals surface area contributed by atoms with E-state index in [2.05, 4.69) is 21.2 Å². The molecule has 0 spiro atoms. The fourth-order valence-corrected chi connectivity index (χ4v) is 4.25. The molecule has 0 unspecified atom stereocenters. The van der Waals surface area contributed by atoms with Gasteiger partial charge in [-0.05, 0) is 70.9 Å². The van der Waals surface area contributed by atoms with Gasteiger partial charge in [0.25, 0.3) is 0 Å². The first kappa shape index (κ1) is 24.5. The second-order valence-corrected chi connectivity index (χ2v) is 8.82. The summed E-state index contributed by atoms with van der Waals surface area (Å²) in [4.78, 5) is 11.1. The zero-order chi connectivity index (χ0) is 23.3. The molecule has 0 aromatic heterocycles. The van der Waals surface area contributed by atoms with Gasteiger partial charge < -0.3 is 19.9 Å². The van der Waals surface area contributed by atoms with Gasteiger partial charge in [0.15, 0.2) is 11.5 Å². The van der Waals surface area contributed by atoms with Crippen molar-refractivity contribution in [2.24, 2.45) is 0 Å². The first-order valence-electron chi connectivity index (χ1n) is 9.57. The predicted molar refractivity (Wildman–Crippen MR) is 132 cm³/mol. The van der Waals surface area contributed by atoms with Crippen molar-refractivity contribution in [3.05, 3.63) is 84.8 Å². The minimum atomic E-state index is -1.07. The van der Waals surface area contributed by atoms with Gasteiger partial charge in [-0.1, -0.05) is 40.9 Å². The summed E-state index contributed by atoms with van der Waals surface area (Å²) >= 11 is 21.8. The lowest BCUT2D eigenvalue weighted by molar-refractivity contribution is 0.0697. The van der Waals surface area contributed by atoms with Crippen molar-refractivity contribution in [3.63, 3.8) is 0 Å². The van der Waals surface area contributed by atoms with E-state index in [1.165, 1.54) is 6.07 Å². The number of hydrogen-bond acceptors (Lipinski definition) is 4. The molecule has 0 atom stereocenters. The molecular formula is C23H19BrCl3NO4. The highest BCUT2D eigenvalue weighted by Crippen LogP contribution is 2.38. The van der Waals surface area contributed by atoms with Crippen LogP contribution in [0.15, 0.2) is 53.0 Å². The molecule has 3 rings (SSSR count). The Hall–Kier alpha value is -2.12. The quantitative estimate of drug-likeness (QED) is 0.281. The van der Waals surface area contributed by atoms with Gasteiger partial charge in [0.1, 0.15) is 6.61 Å². The molecular weight excluding hydrogens is 541 g/mol. The van der Waals surface area contributed by atoms with E-state index in [4.69, 9.17) is 49.4 Å². The van der Waals surface area contributed by atoms with Gasteiger partial charge in [-0.2, -0.15) is 0 Å². The van der Waals surface area contributed by atoms with Crippen LogP contribution in [0.25, 0.3) is 0 Å². The molecule has 3 aromatic rings. The molecule has 0 saturated heterocycles. The number of anilines is 1. The maximum Gasteiger partial charge on any atom is 0.337 e. The molecule has 2 N–H and O–H groups in total. The van der Waals surface area contributed by atoms with Crippen LogP contribution < -0.4 is 14.8 Å². The topological polar surface area (TPSA) is 67.8 Å². The highest BCUT2D eigenvalue weighted by atomic mass is 79.9. The molecule has 0 bridgehead atoms. The minimum absolute atomic E-state index is 0.0564. The molecule has 0 aliphatic carbocycles.